The van der Waals surface area contributed by atoms with Crippen LogP contribution in [-0.2, 0) is 24.8 Å². The maximum Gasteiger partial charge on any atom is 0.346 e. The van der Waals surface area contributed by atoms with Crippen LogP contribution in [0.3, 0.4) is 0 Å². The molecule has 0 atom stereocenters. The van der Waals surface area contributed by atoms with Crippen LogP contribution in [0.1, 0.15) is 18.4 Å². The molecule has 3 rings (SSSR count). The fraction of sp³-hybridized carbons (Fsp3) is 0.316. The number of aryl methyl sites for hydroxylation is 1. The summed E-state index contributed by atoms with van der Waals surface area (Å²) in [5.74, 6) is 0.655. The quantitative estimate of drug-likeness (QED) is 0.662. The van der Waals surface area contributed by atoms with Crippen LogP contribution in [0, 0.1) is 0 Å². The molecule has 2 heterocycles. The Morgan fingerprint density at radius 1 is 1.19 bits per heavy atom. The van der Waals surface area contributed by atoms with E-state index in [1.165, 1.54) is 14.8 Å². The highest BCUT2D eigenvalue weighted by molar-refractivity contribution is 7.13. The molecule has 0 aliphatic heterocycles. The molecule has 0 saturated heterocycles. The van der Waals surface area contributed by atoms with Gasteiger partial charge < -0.3 is 5.32 Å². The van der Waals surface area contributed by atoms with Crippen molar-refractivity contribution in [2.24, 2.45) is 7.05 Å². The van der Waals surface area contributed by atoms with E-state index >= 15 is 0 Å². The van der Waals surface area contributed by atoms with E-state index in [0.29, 0.717) is 25.3 Å². The van der Waals surface area contributed by atoms with Crippen LogP contribution in [0.15, 0.2) is 52.6 Å². The molecule has 2 aromatic heterocycles. The Balaban J connectivity index is 1.45. The van der Waals surface area contributed by atoms with Crippen LogP contribution in [0.25, 0.3) is 10.7 Å². The van der Waals surface area contributed by atoms with Crippen molar-refractivity contribution in [1.82, 2.24) is 19.7 Å². The van der Waals surface area contributed by atoms with Crippen LogP contribution in [-0.4, -0.2) is 26.8 Å². The Kier molecular flexibility index (Phi) is 6.01. The second-order valence-corrected chi connectivity index (χ2v) is 7.00. The molecule has 136 valence electrons. The first-order valence-corrected chi connectivity index (χ1v) is 9.51. The molecular formula is C19H22N4O2S. The molecule has 0 aliphatic rings. The predicted molar refractivity (Wildman–Crippen MR) is 103 cm³/mol. The lowest BCUT2D eigenvalue weighted by Gasteiger charge is -2.05. The molecule has 0 spiro atoms. The van der Waals surface area contributed by atoms with Gasteiger partial charge in [-0.05, 0) is 29.9 Å². The van der Waals surface area contributed by atoms with Crippen molar-refractivity contribution in [2.45, 2.75) is 25.8 Å². The monoisotopic (exact) mass is 370 g/mol. The second-order valence-electron chi connectivity index (χ2n) is 6.05. The lowest BCUT2D eigenvalue weighted by molar-refractivity contribution is -0.121. The Bertz CT molecular complexity index is 898. The number of carbonyl (C=O) groups excluding carboxylic acids is 1. The van der Waals surface area contributed by atoms with Crippen molar-refractivity contribution in [2.75, 3.05) is 6.54 Å². The Morgan fingerprint density at radius 3 is 2.73 bits per heavy atom. The van der Waals surface area contributed by atoms with Crippen molar-refractivity contribution in [3.8, 4) is 10.7 Å². The second kappa shape index (κ2) is 8.62. The first-order valence-electron chi connectivity index (χ1n) is 8.63. The van der Waals surface area contributed by atoms with Gasteiger partial charge in [-0.2, -0.15) is 0 Å². The van der Waals surface area contributed by atoms with E-state index in [4.69, 9.17) is 0 Å². The van der Waals surface area contributed by atoms with Crippen molar-refractivity contribution >= 4 is 17.2 Å². The summed E-state index contributed by atoms with van der Waals surface area (Å²) in [4.78, 5) is 25.1. The number of carbonyl (C=O) groups is 1. The minimum atomic E-state index is -0.174. The van der Waals surface area contributed by atoms with Gasteiger partial charge in [0.15, 0.2) is 5.82 Å². The smallest absolute Gasteiger partial charge is 0.346 e. The van der Waals surface area contributed by atoms with Gasteiger partial charge in [0.2, 0.25) is 5.91 Å². The maximum absolute atomic E-state index is 12.2. The highest BCUT2D eigenvalue weighted by Crippen LogP contribution is 2.20. The molecule has 3 aromatic rings. The number of hydrogen-bond acceptors (Lipinski definition) is 4. The number of rotatable bonds is 8. The standard InChI is InChI=1S/C19H22N4O2S/c1-22-18(16-10-6-14-26-16)21-23(19(22)25)13-12-20-17(24)11-5-9-15-7-3-2-4-8-15/h2-4,6-8,10,14H,5,9,11-13H2,1H3,(H,20,24). The van der Waals surface area contributed by atoms with E-state index in [2.05, 4.69) is 22.5 Å². The van der Waals surface area contributed by atoms with E-state index < -0.39 is 0 Å². The molecule has 0 radical (unpaired) electrons. The number of nitrogens with zero attached hydrogens (tertiary/aromatic N) is 3. The van der Waals surface area contributed by atoms with Gasteiger partial charge in [-0.15, -0.1) is 16.4 Å². The normalized spacial score (nSPS) is 10.8. The lowest BCUT2D eigenvalue weighted by atomic mass is 10.1. The van der Waals surface area contributed by atoms with Gasteiger partial charge in [0.05, 0.1) is 11.4 Å². The van der Waals surface area contributed by atoms with Gasteiger partial charge in [-0.1, -0.05) is 36.4 Å². The highest BCUT2D eigenvalue weighted by atomic mass is 32.1. The minimum absolute atomic E-state index is 0.00314. The average molecular weight is 370 g/mol. The van der Waals surface area contributed by atoms with Gasteiger partial charge in [0.1, 0.15) is 0 Å². The maximum atomic E-state index is 12.2. The summed E-state index contributed by atoms with van der Waals surface area (Å²) in [5, 5.41) is 9.19. The molecule has 1 aromatic carbocycles. The molecule has 1 amide bonds. The number of benzene rings is 1. The molecule has 26 heavy (non-hydrogen) atoms. The molecule has 0 unspecified atom stereocenters. The van der Waals surface area contributed by atoms with Crippen molar-refractivity contribution < 1.29 is 4.79 Å². The fourth-order valence-electron chi connectivity index (χ4n) is 2.74. The third-order valence-electron chi connectivity index (χ3n) is 4.14. The van der Waals surface area contributed by atoms with E-state index in [1.54, 1.807) is 18.4 Å². The SMILES string of the molecule is Cn1c(-c2cccs2)nn(CCNC(=O)CCCc2ccccc2)c1=O. The van der Waals surface area contributed by atoms with Crippen LogP contribution >= 0.6 is 11.3 Å². The highest BCUT2D eigenvalue weighted by Gasteiger charge is 2.12. The Labute approximate surface area is 156 Å². The van der Waals surface area contributed by atoms with E-state index in [1.807, 2.05) is 35.7 Å². The predicted octanol–water partition coefficient (Wildman–Crippen LogP) is 2.45. The summed E-state index contributed by atoms with van der Waals surface area (Å²) in [6, 6.07) is 14.0. The first kappa shape index (κ1) is 18.1. The van der Waals surface area contributed by atoms with Crippen molar-refractivity contribution in [3.63, 3.8) is 0 Å². The van der Waals surface area contributed by atoms with Crippen LogP contribution in [0.5, 0.6) is 0 Å². The van der Waals surface area contributed by atoms with Gasteiger partial charge in [-0.25, -0.2) is 9.48 Å². The van der Waals surface area contributed by atoms with Crippen molar-refractivity contribution in [3.05, 3.63) is 63.9 Å². The van der Waals surface area contributed by atoms with Gasteiger partial charge in [0, 0.05) is 20.0 Å². The van der Waals surface area contributed by atoms with Crippen LogP contribution in [0.2, 0.25) is 0 Å². The third-order valence-corrected chi connectivity index (χ3v) is 5.01. The minimum Gasteiger partial charge on any atom is -0.354 e. The molecule has 7 heteroatoms. The largest absolute Gasteiger partial charge is 0.354 e. The Hall–Kier alpha value is -2.67. The summed E-state index contributed by atoms with van der Waals surface area (Å²) in [6.45, 7) is 0.757. The summed E-state index contributed by atoms with van der Waals surface area (Å²) in [5.41, 5.74) is 1.06. The summed E-state index contributed by atoms with van der Waals surface area (Å²) < 4.78 is 2.94. The lowest BCUT2D eigenvalue weighted by Crippen LogP contribution is -2.31. The molecule has 0 fully saturated rings. The first-order chi connectivity index (χ1) is 12.6. The molecular weight excluding hydrogens is 348 g/mol. The average Bonchev–Trinajstić information content (AvgIpc) is 3.27. The van der Waals surface area contributed by atoms with Gasteiger partial charge in [0.25, 0.3) is 0 Å². The fourth-order valence-corrected chi connectivity index (χ4v) is 3.49. The summed E-state index contributed by atoms with van der Waals surface area (Å²) in [6.07, 6.45) is 2.17. The number of nitrogens with one attached hydrogen (secondary N) is 1. The Morgan fingerprint density at radius 2 is 2.00 bits per heavy atom. The molecule has 6 nitrogen and oxygen atoms in total. The topological polar surface area (TPSA) is 68.9 Å². The van der Waals surface area contributed by atoms with E-state index in [9.17, 15) is 9.59 Å². The van der Waals surface area contributed by atoms with Crippen LogP contribution in [0.4, 0.5) is 0 Å². The van der Waals surface area contributed by atoms with Gasteiger partial charge in [-0.3, -0.25) is 9.36 Å². The molecule has 0 saturated carbocycles. The van der Waals surface area contributed by atoms with E-state index in [-0.39, 0.29) is 11.6 Å². The number of amides is 1. The summed E-state index contributed by atoms with van der Waals surface area (Å²) in [7, 11) is 1.71. The zero-order chi connectivity index (χ0) is 18.4. The number of aromatic nitrogens is 3. The zero-order valence-electron chi connectivity index (χ0n) is 14.7. The molecule has 0 aliphatic carbocycles. The molecule has 0 bridgehead atoms. The van der Waals surface area contributed by atoms with Crippen LogP contribution < -0.4 is 11.0 Å². The number of hydrogen-bond donors (Lipinski definition) is 1. The van der Waals surface area contributed by atoms with Crippen molar-refractivity contribution in [1.29, 1.82) is 0 Å². The third kappa shape index (κ3) is 4.49. The zero-order valence-corrected chi connectivity index (χ0v) is 15.5. The molecule has 1 N–H and O–H groups in total. The van der Waals surface area contributed by atoms with Gasteiger partial charge >= 0.3 is 5.69 Å². The summed E-state index contributed by atoms with van der Waals surface area (Å²) >= 11 is 1.54. The van der Waals surface area contributed by atoms with E-state index in [0.717, 1.165) is 17.7 Å². The number of thiophene rings is 1.